The predicted octanol–water partition coefficient (Wildman–Crippen LogP) is 1.54. The molecule has 0 heterocycles. The minimum Gasteiger partial charge on any atom is -0.481 e. The number of hydrogen-bond acceptors (Lipinski definition) is 4. The second kappa shape index (κ2) is 6.60. The van der Waals surface area contributed by atoms with E-state index in [1.807, 2.05) is 0 Å². The van der Waals surface area contributed by atoms with Crippen LogP contribution in [0.15, 0.2) is 24.3 Å². The monoisotopic (exact) mass is 300 g/mol. The molecule has 0 spiro atoms. The number of aliphatic carboxylic acids is 1. The summed E-state index contributed by atoms with van der Waals surface area (Å²) < 4.78 is 25.9. The molecule has 112 valence electrons. The molecule has 0 aromatic heterocycles. The first-order valence-electron chi connectivity index (χ1n) is 6.30. The Bertz CT molecular complexity index is 569. The molecule has 1 aromatic carbocycles. The van der Waals surface area contributed by atoms with Gasteiger partial charge in [0, 0.05) is 6.54 Å². The lowest BCUT2D eigenvalue weighted by Gasteiger charge is -2.26. The number of anilines is 2. The Morgan fingerprint density at radius 2 is 1.95 bits per heavy atom. The summed E-state index contributed by atoms with van der Waals surface area (Å²) in [5, 5.41) is 8.77. The van der Waals surface area contributed by atoms with Crippen molar-refractivity contribution in [3.05, 3.63) is 24.3 Å². The Hall–Kier alpha value is -1.76. The number of hydrogen-bond donors (Lipinski definition) is 2. The van der Waals surface area contributed by atoms with E-state index in [1.165, 1.54) is 0 Å². The van der Waals surface area contributed by atoms with Crippen molar-refractivity contribution in [1.82, 2.24) is 0 Å². The van der Waals surface area contributed by atoms with Gasteiger partial charge in [0.2, 0.25) is 10.0 Å². The zero-order valence-electron chi connectivity index (χ0n) is 11.6. The third kappa shape index (κ3) is 4.41. The Morgan fingerprint density at radius 1 is 1.35 bits per heavy atom. The van der Waals surface area contributed by atoms with Crippen LogP contribution in [0.1, 0.15) is 20.3 Å². The number of carboxylic acids is 1. The highest BCUT2D eigenvalue weighted by Gasteiger charge is 2.25. The van der Waals surface area contributed by atoms with Gasteiger partial charge in [0.25, 0.3) is 0 Å². The van der Waals surface area contributed by atoms with Crippen LogP contribution in [0.4, 0.5) is 11.4 Å². The summed E-state index contributed by atoms with van der Waals surface area (Å²) in [6.45, 7) is 3.46. The minimum atomic E-state index is -3.60. The van der Waals surface area contributed by atoms with Crippen molar-refractivity contribution < 1.29 is 18.3 Å². The normalized spacial score (nSPS) is 11.6. The topological polar surface area (TPSA) is 101 Å². The van der Waals surface area contributed by atoms with Crippen LogP contribution >= 0.6 is 0 Å². The summed E-state index contributed by atoms with van der Waals surface area (Å²) in [6, 6.07) is 6.54. The number of nitrogens with zero attached hydrogens (tertiary/aromatic N) is 1. The molecule has 0 fully saturated rings. The summed E-state index contributed by atoms with van der Waals surface area (Å²) in [4.78, 5) is 10.7. The number of benzene rings is 1. The van der Waals surface area contributed by atoms with Gasteiger partial charge in [0.05, 0.1) is 23.5 Å². The summed E-state index contributed by atoms with van der Waals surface area (Å²) in [7, 11) is -3.60. The number of para-hydroxylation sites is 2. The van der Waals surface area contributed by atoms with E-state index in [9.17, 15) is 13.2 Å². The van der Waals surface area contributed by atoms with Crippen molar-refractivity contribution in [3.63, 3.8) is 0 Å². The lowest BCUT2D eigenvalue weighted by molar-refractivity contribution is -0.136. The number of carboxylic acid groups (broad SMARTS) is 1. The summed E-state index contributed by atoms with van der Waals surface area (Å²) in [5.41, 5.74) is 6.44. The molecule has 1 aromatic rings. The Balaban J connectivity index is 3.15. The van der Waals surface area contributed by atoms with Crippen molar-refractivity contribution in [1.29, 1.82) is 0 Å². The maximum atomic E-state index is 12.4. The van der Waals surface area contributed by atoms with Gasteiger partial charge in [-0.05, 0) is 18.1 Å². The number of carbonyl (C=O) groups is 1. The van der Waals surface area contributed by atoms with E-state index < -0.39 is 16.0 Å². The number of sulfonamides is 1. The van der Waals surface area contributed by atoms with Crippen molar-refractivity contribution in [2.24, 2.45) is 5.92 Å². The molecule has 0 aliphatic carbocycles. The van der Waals surface area contributed by atoms with Crippen LogP contribution in [0.2, 0.25) is 0 Å². The zero-order chi connectivity index (χ0) is 15.3. The van der Waals surface area contributed by atoms with Gasteiger partial charge in [-0.25, -0.2) is 8.42 Å². The van der Waals surface area contributed by atoms with Gasteiger partial charge in [-0.2, -0.15) is 0 Å². The van der Waals surface area contributed by atoms with Crippen LogP contribution in [0.5, 0.6) is 0 Å². The first kappa shape index (κ1) is 16.3. The molecular weight excluding hydrogens is 280 g/mol. The molecule has 0 amide bonds. The molecule has 0 radical (unpaired) electrons. The molecule has 3 N–H and O–H groups in total. The van der Waals surface area contributed by atoms with Crippen LogP contribution < -0.4 is 10.0 Å². The summed E-state index contributed by atoms with van der Waals surface area (Å²) in [6.07, 6.45) is -0.272. The molecule has 0 aliphatic rings. The van der Waals surface area contributed by atoms with E-state index in [-0.39, 0.29) is 24.6 Å². The molecule has 6 nitrogen and oxygen atoms in total. The van der Waals surface area contributed by atoms with Crippen LogP contribution in [-0.4, -0.2) is 31.8 Å². The minimum absolute atomic E-state index is 0.0546. The largest absolute Gasteiger partial charge is 0.481 e. The average molecular weight is 300 g/mol. The Morgan fingerprint density at radius 3 is 2.45 bits per heavy atom. The van der Waals surface area contributed by atoms with Crippen molar-refractivity contribution >= 4 is 27.4 Å². The SMILES string of the molecule is CC(C)CS(=O)(=O)N(CCC(=O)O)c1ccccc1N. The molecule has 0 saturated carbocycles. The molecule has 1 rings (SSSR count). The van der Waals surface area contributed by atoms with Gasteiger partial charge in [0.15, 0.2) is 0 Å². The second-order valence-electron chi connectivity index (χ2n) is 4.95. The lowest BCUT2D eigenvalue weighted by Crippen LogP contribution is -2.36. The van der Waals surface area contributed by atoms with Crippen molar-refractivity contribution in [2.45, 2.75) is 20.3 Å². The van der Waals surface area contributed by atoms with Crippen LogP contribution in [0.25, 0.3) is 0 Å². The van der Waals surface area contributed by atoms with E-state index in [1.54, 1.807) is 38.1 Å². The highest BCUT2D eigenvalue weighted by atomic mass is 32.2. The van der Waals surface area contributed by atoms with E-state index in [2.05, 4.69) is 0 Å². The van der Waals surface area contributed by atoms with Gasteiger partial charge in [0.1, 0.15) is 0 Å². The third-order valence-corrected chi connectivity index (χ3v) is 4.75. The molecule has 7 heteroatoms. The van der Waals surface area contributed by atoms with Crippen molar-refractivity contribution in [3.8, 4) is 0 Å². The van der Waals surface area contributed by atoms with E-state index in [0.29, 0.717) is 11.4 Å². The maximum absolute atomic E-state index is 12.4. The maximum Gasteiger partial charge on any atom is 0.305 e. The second-order valence-corrected chi connectivity index (χ2v) is 6.89. The molecule has 0 atom stereocenters. The van der Waals surface area contributed by atoms with Gasteiger partial charge in [-0.3, -0.25) is 9.10 Å². The van der Waals surface area contributed by atoms with Gasteiger partial charge in [-0.15, -0.1) is 0 Å². The molecule has 0 unspecified atom stereocenters. The van der Waals surface area contributed by atoms with E-state index in [0.717, 1.165) is 4.31 Å². The van der Waals surface area contributed by atoms with Crippen LogP contribution in [0.3, 0.4) is 0 Å². The van der Waals surface area contributed by atoms with Crippen molar-refractivity contribution in [2.75, 3.05) is 22.3 Å². The smallest absolute Gasteiger partial charge is 0.305 e. The first-order chi connectivity index (χ1) is 9.24. The lowest BCUT2D eigenvalue weighted by atomic mass is 10.2. The summed E-state index contributed by atoms with van der Waals surface area (Å²) >= 11 is 0. The number of nitrogens with two attached hydrogens (primary N) is 1. The standard InChI is InChI=1S/C13H20N2O4S/c1-10(2)9-20(18,19)15(8-7-13(16)17)12-6-4-3-5-11(12)14/h3-6,10H,7-9,14H2,1-2H3,(H,16,17). The van der Waals surface area contributed by atoms with E-state index in [4.69, 9.17) is 10.8 Å². The summed E-state index contributed by atoms with van der Waals surface area (Å²) in [5.74, 6) is -1.16. The highest BCUT2D eigenvalue weighted by molar-refractivity contribution is 7.92. The molecular formula is C13H20N2O4S. The predicted molar refractivity (Wildman–Crippen MR) is 79.1 cm³/mol. The van der Waals surface area contributed by atoms with E-state index >= 15 is 0 Å². The molecule has 0 bridgehead atoms. The highest BCUT2D eigenvalue weighted by Crippen LogP contribution is 2.26. The average Bonchev–Trinajstić information content (AvgIpc) is 2.29. The van der Waals surface area contributed by atoms with Gasteiger partial charge < -0.3 is 10.8 Å². The quantitative estimate of drug-likeness (QED) is 0.744. The van der Waals surface area contributed by atoms with Gasteiger partial charge >= 0.3 is 5.97 Å². The molecule has 20 heavy (non-hydrogen) atoms. The van der Waals surface area contributed by atoms with Crippen LogP contribution in [0, 0.1) is 5.92 Å². The zero-order valence-corrected chi connectivity index (χ0v) is 12.4. The number of rotatable bonds is 7. The number of nitrogen functional groups attached to an aromatic ring is 1. The van der Waals surface area contributed by atoms with Crippen LogP contribution in [-0.2, 0) is 14.8 Å². The first-order valence-corrected chi connectivity index (χ1v) is 7.91. The fourth-order valence-electron chi connectivity index (χ4n) is 1.83. The van der Waals surface area contributed by atoms with Gasteiger partial charge in [-0.1, -0.05) is 26.0 Å². The third-order valence-electron chi connectivity index (χ3n) is 2.61. The molecule has 0 saturated heterocycles. The Labute approximate surface area is 119 Å². The fraction of sp³-hybridized carbons (Fsp3) is 0.462. The fourth-order valence-corrected chi connectivity index (χ4v) is 3.69. The Kier molecular flexibility index (Phi) is 5.38. The molecule has 0 aliphatic heterocycles.